The molecule has 0 amide bonds. The molecule has 0 aliphatic carbocycles. The Morgan fingerprint density at radius 1 is 1.00 bits per heavy atom. The fourth-order valence-electron chi connectivity index (χ4n) is 0. The van der Waals surface area contributed by atoms with E-state index in [2.05, 4.69) is 0 Å². The van der Waals surface area contributed by atoms with Crippen LogP contribution >= 0.6 is 0 Å². The van der Waals surface area contributed by atoms with E-state index in [1.807, 2.05) is 0 Å². The predicted molar refractivity (Wildman–Crippen MR) is 5.75 cm³/mol. The van der Waals surface area contributed by atoms with Crippen LogP contribution in [0.1, 0.15) is 0 Å². The van der Waals surface area contributed by atoms with E-state index in [1.54, 1.807) is 0 Å². The monoisotopic (exact) mass is 306 g/mol. The molecular weight excluding hydrogens is 305 g/mol. The maximum absolute atomic E-state index is 8.42. The van der Waals surface area contributed by atoms with Gasteiger partial charge < -0.3 is 15.1 Å². The molecule has 0 saturated heterocycles. The smallest absolute Gasteiger partial charge is 0.907 e. The quantitative estimate of drug-likeness (QED) is 0.429. The van der Waals surface area contributed by atoms with Gasteiger partial charge in [-0.05, 0) is 0 Å². The third-order valence-electron chi connectivity index (χ3n) is 0. The summed E-state index contributed by atoms with van der Waals surface area (Å²) in [5.74, 6) is 0. The van der Waals surface area contributed by atoms with E-state index in [0.29, 0.717) is 0 Å². The Hall–Kier alpha value is 2.37. The van der Waals surface area contributed by atoms with Crippen molar-refractivity contribution >= 4 is 7.32 Å². The molecule has 0 bridgehead atoms. The van der Waals surface area contributed by atoms with Crippen molar-refractivity contribution in [1.29, 1.82) is 0 Å². The Morgan fingerprint density at radius 2 is 1.00 bits per heavy atom. The molecule has 0 radical (unpaired) electrons. The van der Waals surface area contributed by atoms with Crippen molar-refractivity contribution in [1.82, 2.24) is 0 Å². The second-order valence-electron chi connectivity index (χ2n) is 0.289. The Morgan fingerprint density at radius 3 is 1.00 bits per heavy atom. The van der Waals surface area contributed by atoms with E-state index in [0.717, 1.165) is 0 Å². The third kappa shape index (κ3) is 32.7. The fourth-order valence-corrected chi connectivity index (χ4v) is 0. The summed E-state index contributed by atoms with van der Waals surface area (Å²) < 4.78 is 0. The van der Waals surface area contributed by atoms with E-state index >= 15 is 0 Å². The summed E-state index contributed by atoms with van der Waals surface area (Å²) in [4.78, 5) is 0. The van der Waals surface area contributed by atoms with Crippen LogP contribution < -0.4 is 15.1 Å². The van der Waals surface area contributed by atoms with Crippen LogP contribution in [0.15, 0.2) is 0 Å². The second-order valence-corrected chi connectivity index (χ2v) is 0.289. The van der Waals surface area contributed by atoms with E-state index in [9.17, 15) is 0 Å². The van der Waals surface area contributed by atoms with Crippen molar-refractivity contribution in [3.05, 3.63) is 0 Å². The standard InChI is InChI=1S/BO3.Gd.Y/c2-1(3)4;;/q-3;;+3. The topological polar surface area (TPSA) is 69.2 Å². The van der Waals surface area contributed by atoms with Gasteiger partial charge in [0, 0.05) is 39.9 Å². The summed E-state index contributed by atoms with van der Waals surface area (Å²) in [7, 11) is -2.92. The molecule has 6 heavy (non-hydrogen) atoms. The van der Waals surface area contributed by atoms with Crippen molar-refractivity contribution in [3.8, 4) is 0 Å². The molecule has 6 heteroatoms. The zero-order valence-electron chi connectivity index (χ0n) is 2.73. The first-order valence-electron chi connectivity index (χ1n) is 0.707. The predicted octanol–water partition coefficient (Wildman–Crippen LogP) is -3.95. The summed E-state index contributed by atoms with van der Waals surface area (Å²) in [6, 6.07) is 0. The van der Waals surface area contributed by atoms with Crippen LogP contribution in [0.25, 0.3) is 0 Å². The van der Waals surface area contributed by atoms with E-state index in [1.165, 1.54) is 0 Å². The van der Waals surface area contributed by atoms with Gasteiger partial charge in [0.1, 0.15) is 0 Å². The largest absolute Gasteiger partial charge is 3.00 e. The molecule has 0 rings (SSSR count). The Kier molecular flexibility index (Phi) is 27.3. The molecule has 0 aliphatic heterocycles. The van der Waals surface area contributed by atoms with Gasteiger partial charge >= 0.3 is 32.7 Å². The molecule has 3 nitrogen and oxygen atoms in total. The molecule has 0 spiro atoms. The second kappa shape index (κ2) is 10.4. The molecule has 0 unspecified atom stereocenters. The van der Waals surface area contributed by atoms with Crippen LogP contribution in [0, 0.1) is 39.9 Å². The Bertz CT molecular complexity index is 15.5. The Balaban J connectivity index is -0.0000000450. The molecule has 0 aromatic heterocycles. The van der Waals surface area contributed by atoms with E-state index in [-0.39, 0.29) is 72.6 Å². The third-order valence-corrected chi connectivity index (χ3v) is 0. The van der Waals surface area contributed by atoms with Crippen LogP contribution in [-0.2, 0) is 32.7 Å². The average molecular weight is 305 g/mol. The first kappa shape index (κ1) is 15.8. The van der Waals surface area contributed by atoms with Gasteiger partial charge in [-0.25, -0.2) is 0 Å². The maximum Gasteiger partial charge on any atom is 3.00 e. The number of rotatable bonds is 0. The summed E-state index contributed by atoms with van der Waals surface area (Å²) in [6.07, 6.45) is 0. The number of hydrogen-bond acceptors (Lipinski definition) is 3. The van der Waals surface area contributed by atoms with Gasteiger partial charge in [0.15, 0.2) is 0 Å². The first-order chi connectivity index (χ1) is 1.73. The molecule has 0 saturated carbocycles. The summed E-state index contributed by atoms with van der Waals surface area (Å²) in [5, 5.41) is 25.2. The zero-order chi connectivity index (χ0) is 3.58. The Labute approximate surface area is 93.3 Å². The van der Waals surface area contributed by atoms with E-state index < -0.39 is 7.32 Å². The van der Waals surface area contributed by atoms with Crippen molar-refractivity contribution < 1.29 is 87.7 Å². The maximum atomic E-state index is 8.42. The molecule has 0 N–H and O–H groups in total. The van der Waals surface area contributed by atoms with Crippen LogP contribution in [0.2, 0.25) is 0 Å². The number of hydrogen-bond donors (Lipinski definition) is 0. The molecular formula is BGdO3Y. The van der Waals surface area contributed by atoms with Crippen molar-refractivity contribution in [2.45, 2.75) is 0 Å². The molecule has 0 aliphatic rings. The zero-order valence-corrected chi connectivity index (χ0v) is 7.84. The van der Waals surface area contributed by atoms with Gasteiger partial charge in [-0.15, -0.1) is 0 Å². The SMILES string of the molecule is [Gd].[O-]B([O-])[O-].[Y+3]. The molecule has 0 fully saturated rings. The summed E-state index contributed by atoms with van der Waals surface area (Å²) in [6.45, 7) is 0. The fraction of sp³-hybridized carbons (Fsp3) is 0. The van der Waals surface area contributed by atoms with E-state index in [4.69, 9.17) is 15.1 Å². The summed E-state index contributed by atoms with van der Waals surface area (Å²) in [5.41, 5.74) is 0. The molecule has 0 aromatic rings. The van der Waals surface area contributed by atoms with Gasteiger partial charge in [0.2, 0.25) is 0 Å². The van der Waals surface area contributed by atoms with Crippen LogP contribution in [0.4, 0.5) is 0 Å². The van der Waals surface area contributed by atoms with Crippen molar-refractivity contribution in [2.24, 2.45) is 0 Å². The van der Waals surface area contributed by atoms with Gasteiger partial charge in [-0.3, -0.25) is 7.32 Å². The normalized spacial score (nSPS) is 4.50. The van der Waals surface area contributed by atoms with Gasteiger partial charge in [-0.2, -0.15) is 0 Å². The molecule has 0 heterocycles. The van der Waals surface area contributed by atoms with Gasteiger partial charge in [0.25, 0.3) is 0 Å². The minimum absolute atomic E-state index is 0. The molecule has 0 aromatic carbocycles. The van der Waals surface area contributed by atoms with Crippen molar-refractivity contribution in [3.63, 3.8) is 0 Å². The van der Waals surface area contributed by atoms with Crippen LogP contribution in [0.5, 0.6) is 0 Å². The first-order valence-corrected chi connectivity index (χ1v) is 0.707. The van der Waals surface area contributed by atoms with Gasteiger partial charge in [-0.1, -0.05) is 0 Å². The minimum atomic E-state index is -2.92. The minimum Gasteiger partial charge on any atom is -0.907 e. The van der Waals surface area contributed by atoms with Crippen LogP contribution in [-0.4, -0.2) is 7.32 Å². The van der Waals surface area contributed by atoms with Crippen LogP contribution in [0.3, 0.4) is 0 Å². The van der Waals surface area contributed by atoms with Gasteiger partial charge in [0.05, 0.1) is 0 Å². The summed E-state index contributed by atoms with van der Waals surface area (Å²) >= 11 is 0. The van der Waals surface area contributed by atoms with Crippen molar-refractivity contribution in [2.75, 3.05) is 0 Å². The average Bonchev–Trinajstić information content (AvgIpc) is 0.811. The molecule has 32 valence electrons. The molecule has 0 atom stereocenters.